The molecule has 2 aromatic rings. The van der Waals surface area contributed by atoms with E-state index >= 15 is 0 Å². The monoisotopic (exact) mass is 306 g/mol. The molecule has 0 aromatic carbocycles. The second kappa shape index (κ2) is 5.65. The predicted octanol–water partition coefficient (Wildman–Crippen LogP) is 1.52. The van der Waals surface area contributed by atoms with E-state index in [9.17, 15) is 9.59 Å². The van der Waals surface area contributed by atoms with Gasteiger partial charge in [-0.05, 0) is 24.3 Å². The lowest BCUT2D eigenvalue weighted by Gasteiger charge is -2.32. The number of thiophene rings is 1. The number of likely N-dealkylation sites (tertiary alicyclic amines) is 1. The van der Waals surface area contributed by atoms with E-state index < -0.39 is 5.97 Å². The van der Waals surface area contributed by atoms with Gasteiger partial charge in [0, 0.05) is 18.5 Å². The third-order valence-corrected chi connectivity index (χ3v) is 4.24. The van der Waals surface area contributed by atoms with Crippen molar-refractivity contribution in [2.45, 2.75) is 18.9 Å². The highest BCUT2D eigenvalue weighted by Crippen LogP contribution is 2.22. The average Bonchev–Trinajstić information content (AvgIpc) is 3.18. The van der Waals surface area contributed by atoms with Crippen molar-refractivity contribution in [2.24, 2.45) is 0 Å². The smallest absolute Gasteiger partial charge is 0.358 e. The maximum atomic E-state index is 12.3. The Morgan fingerprint density at radius 2 is 2.29 bits per heavy atom. The van der Waals surface area contributed by atoms with Crippen LogP contribution in [0, 0.1) is 0 Å². The van der Waals surface area contributed by atoms with E-state index in [1.165, 1.54) is 17.5 Å². The minimum atomic E-state index is -1.09. The molecule has 1 amide bonds. The van der Waals surface area contributed by atoms with Crippen LogP contribution in [0.2, 0.25) is 0 Å². The van der Waals surface area contributed by atoms with E-state index in [4.69, 9.17) is 5.11 Å². The summed E-state index contributed by atoms with van der Waals surface area (Å²) in [5, 5.41) is 20.1. The first-order valence-corrected chi connectivity index (χ1v) is 7.56. The first kappa shape index (κ1) is 13.7. The predicted molar refractivity (Wildman–Crippen MR) is 75.5 cm³/mol. The standard InChI is InChI=1S/C13H14N4O3S/c18-12(9-3-5-21-8-9)16-4-1-2-10(6-16)17-7-11(13(19)20)14-15-17/h3,5,7-8,10H,1-2,4,6H2,(H,19,20). The van der Waals surface area contributed by atoms with E-state index in [0.717, 1.165) is 12.8 Å². The van der Waals surface area contributed by atoms with E-state index in [1.54, 1.807) is 9.58 Å². The van der Waals surface area contributed by atoms with Crippen LogP contribution in [0.1, 0.15) is 39.7 Å². The zero-order valence-electron chi connectivity index (χ0n) is 11.2. The molecule has 1 saturated heterocycles. The Hall–Kier alpha value is -2.22. The van der Waals surface area contributed by atoms with Crippen LogP contribution in [-0.2, 0) is 0 Å². The fourth-order valence-corrected chi connectivity index (χ4v) is 3.11. The molecule has 1 unspecified atom stereocenters. The van der Waals surface area contributed by atoms with Crippen LogP contribution < -0.4 is 0 Å². The van der Waals surface area contributed by atoms with Crippen molar-refractivity contribution >= 4 is 23.2 Å². The number of carbonyl (C=O) groups is 2. The maximum absolute atomic E-state index is 12.3. The van der Waals surface area contributed by atoms with Gasteiger partial charge in [-0.1, -0.05) is 5.21 Å². The summed E-state index contributed by atoms with van der Waals surface area (Å²) in [5.41, 5.74) is 0.627. The van der Waals surface area contributed by atoms with Gasteiger partial charge in [-0.2, -0.15) is 11.3 Å². The number of aromatic nitrogens is 3. The topological polar surface area (TPSA) is 88.3 Å². The molecule has 1 fully saturated rings. The maximum Gasteiger partial charge on any atom is 0.358 e. The summed E-state index contributed by atoms with van der Waals surface area (Å²) in [6.45, 7) is 1.24. The van der Waals surface area contributed by atoms with E-state index in [2.05, 4.69) is 10.3 Å². The van der Waals surface area contributed by atoms with Crippen molar-refractivity contribution < 1.29 is 14.7 Å². The number of nitrogens with zero attached hydrogens (tertiary/aromatic N) is 4. The average molecular weight is 306 g/mol. The number of amides is 1. The number of carboxylic acids is 1. The Bertz CT molecular complexity index is 652. The Morgan fingerprint density at radius 3 is 2.95 bits per heavy atom. The lowest BCUT2D eigenvalue weighted by atomic mass is 10.1. The van der Waals surface area contributed by atoms with Crippen LogP contribution in [-0.4, -0.2) is 50.0 Å². The molecule has 2 aromatic heterocycles. The summed E-state index contributed by atoms with van der Waals surface area (Å²) >= 11 is 1.50. The normalized spacial score (nSPS) is 18.7. The van der Waals surface area contributed by atoms with Gasteiger partial charge in [-0.3, -0.25) is 4.79 Å². The summed E-state index contributed by atoms with van der Waals surface area (Å²) in [4.78, 5) is 25.0. The number of hydrogen-bond donors (Lipinski definition) is 1. The van der Waals surface area contributed by atoms with Crippen LogP contribution >= 0.6 is 11.3 Å². The lowest BCUT2D eigenvalue weighted by molar-refractivity contribution is 0.0666. The molecule has 3 rings (SSSR count). The fourth-order valence-electron chi connectivity index (χ4n) is 2.48. The SMILES string of the molecule is O=C(O)c1cn(C2CCCN(C(=O)c3ccsc3)C2)nn1. The van der Waals surface area contributed by atoms with Crippen molar-refractivity contribution in [3.63, 3.8) is 0 Å². The van der Waals surface area contributed by atoms with Gasteiger partial charge in [0.25, 0.3) is 5.91 Å². The van der Waals surface area contributed by atoms with Crippen LogP contribution in [0.25, 0.3) is 0 Å². The zero-order valence-corrected chi connectivity index (χ0v) is 12.0. The Kier molecular flexibility index (Phi) is 3.70. The lowest BCUT2D eigenvalue weighted by Crippen LogP contribution is -2.40. The van der Waals surface area contributed by atoms with Gasteiger partial charge in [-0.15, -0.1) is 5.10 Å². The van der Waals surface area contributed by atoms with Crippen molar-refractivity contribution in [3.8, 4) is 0 Å². The van der Waals surface area contributed by atoms with Crippen molar-refractivity contribution in [1.82, 2.24) is 19.9 Å². The van der Waals surface area contributed by atoms with E-state index in [1.807, 2.05) is 16.8 Å². The molecule has 110 valence electrons. The minimum Gasteiger partial charge on any atom is -0.476 e. The molecule has 0 spiro atoms. The molecule has 1 atom stereocenters. The number of piperidine rings is 1. The van der Waals surface area contributed by atoms with Crippen LogP contribution in [0.3, 0.4) is 0 Å². The molecule has 1 N–H and O–H groups in total. The van der Waals surface area contributed by atoms with Crippen molar-refractivity contribution in [1.29, 1.82) is 0 Å². The molecular formula is C13H14N4O3S. The minimum absolute atomic E-state index is 0.0134. The van der Waals surface area contributed by atoms with Crippen molar-refractivity contribution in [2.75, 3.05) is 13.1 Å². The number of rotatable bonds is 3. The summed E-state index contributed by atoms with van der Waals surface area (Å²) in [7, 11) is 0. The van der Waals surface area contributed by atoms with Gasteiger partial charge in [-0.25, -0.2) is 9.48 Å². The van der Waals surface area contributed by atoms with Gasteiger partial charge in [0.1, 0.15) is 0 Å². The van der Waals surface area contributed by atoms with Gasteiger partial charge < -0.3 is 10.0 Å². The largest absolute Gasteiger partial charge is 0.476 e. The molecule has 3 heterocycles. The highest BCUT2D eigenvalue weighted by Gasteiger charge is 2.27. The second-order valence-corrected chi connectivity index (χ2v) is 5.73. The number of hydrogen-bond acceptors (Lipinski definition) is 5. The number of carboxylic acid groups (broad SMARTS) is 1. The van der Waals surface area contributed by atoms with Crippen LogP contribution in [0.5, 0.6) is 0 Å². The first-order valence-electron chi connectivity index (χ1n) is 6.62. The molecule has 1 aliphatic rings. The molecule has 21 heavy (non-hydrogen) atoms. The number of carbonyl (C=O) groups excluding carboxylic acids is 1. The summed E-state index contributed by atoms with van der Waals surface area (Å²) in [6, 6.07) is 1.79. The molecule has 0 radical (unpaired) electrons. The number of aromatic carboxylic acids is 1. The van der Waals surface area contributed by atoms with Gasteiger partial charge in [0.15, 0.2) is 5.69 Å². The molecule has 0 saturated carbocycles. The molecular weight excluding hydrogens is 292 g/mol. The molecule has 0 bridgehead atoms. The highest BCUT2D eigenvalue weighted by atomic mass is 32.1. The first-order chi connectivity index (χ1) is 10.1. The Labute approximate surface area is 124 Å². The van der Waals surface area contributed by atoms with Gasteiger partial charge in [0.05, 0.1) is 17.8 Å². The van der Waals surface area contributed by atoms with E-state index in [0.29, 0.717) is 18.7 Å². The van der Waals surface area contributed by atoms with Gasteiger partial charge >= 0.3 is 5.97 Å². The molecule has 1 aliphatic heterocycles. The Balaban J connectivity index is 1.73. The summed E-state index contributed by atoms with van der Waals surface area (Å²) < 4.78 is 1.55. The van der Waals surface area contributed by atoms with E-state index in [-0.39, 0.29) is 17.6 Å². The van der Waals surface area contributed by atoms with Gasteiger partial charge in [0.2, 0.25) is 0 Å². The highest BCUT2D eigenvalue weighted by molar-refractivity contribution is 7.08. The summed E-state index contributed by atoms with van der Waals surface area (Å²) in [5.74, 6) is -1.08. The fraction of sp³-hybridized carbons (Fsp3) is 0.385. The van der Waals surface area contributed by atoms with Crippen LogP contribution in [0.15, 0.2) is 23.0 Å². The third kappa shape index (κ3) is 2.80. The quantitative estimate of drug-likeness (QED) is 0.928. The van der Waals surface area contributed by atoms with Crippen LogP contribution in [0.4, 0.5) is 0 Å². The van der Waals surface area contributed by atoms with Crippen molar-refractivity contribution in [3.05, 3.63) is 34.3 Å². The molecule has 0 aliphatic carbocycles. The summed E-state index contributed by atoms with van der Waals surface area (Å²) in [6.07, 6.45) is 3.14. The third-order valence-electron chi connectivity index (χ3n) is 3.56. The second-order valence-electron chi connectivity index (χ2n) is 4.95. The zero-order chi connectivity index (χ0) is 14.8. The molecule has 8 heteroatoms. The Morgan fingerprint density at radius 1 is 1.43 bits per heavy atom. The molecule has 7 nitrogen and oxygen atoms in total.